The third kappa shape index (κ3) is 3.40. The van der Waals surface area contributed by atoms with Gasteiger partial charge >= 0.3 is 0 Å². The van der Waals surface area contributed by atoms with Gasteiger partial charge in [0.05, 0.1) is 16.7 Å². The van der Waals surface area contributed by atoms with E-state index in [1.54, 1.807) is 0 Å². The van der Waals surface area contributed by atoms with Crippen molar-refractivity contribution in [1.82, 2.24) is 4.57 Å². The standard InChI is InChI=1S/C45H31N/c1-45(2)37-17-9-15-30-19-20-33-27-41(34-16-10-18-38(45)44(34)43(33)42(30)37)46-39-23-21-31(28-11-5-3-6-12-28)25-35(39)36-26-32(22-24-40(36)46)29-13-7-4-8-14-29/h3-27H,1-2H3. The van der Waals surface area contributed by atoms with Crippen LogP contribution in [0.15, 0.2) is 152 Å². The van der Waals surface area contributed by atoms with Gasteiger partial charge in [0, 0.05) is 21.6 Å². The molecule has 0 bridgehead atoms. The molecule has 1 heteroatoms. The normalized spacial score (nSPS) is 13.6. The van der Waals surface area contributed by atoms with Crippen molar-refractivity contribution in [2.75, 3.05) is 0 Å². The smallest absolute Gasteiger partial charge is 0.0547 e. The Morgan fingerprint density at radius 3 is 1.59 bits per heavy atom. The second-order valence-corrected chi connectivity index (χ2v) is 13.3. The minimum atomic E-state index is -0.102. The van der Waals surface area contributed by atoms with Gasteiger partial charge in [0.2, 0.25) is 0 Å². The van der Waals surface area contributed by atoms with Crippen molar-refractivity contribution < 1.29 is 0 Å². The Morgan fingerprint density at radius 2 is 0.957 bits per heavy atom. The maximum atomic E-state index is 2.52. The van der Waals surface area contributed by atoms with Crippen molar-refractivity contribution in [3.8, 4) is 27.9 Å². The maximum absolute atomic E-state index is 2.52. The average Bonchev–Trinajstić information content (AvgIpc) is 3.43. The molecule has 0 N–H and O–H groups in total. The maximum Gasteiger partial charge on any atom is 0.0547 e. The minimum absolute atomic E-state index is 0.102. The quantitative estimate of drug-likeness (QED) is 0.182. The number of rotatable bonds is 3. The highest BCUT2D eigenvalue weighted by Crippen LogP contribution is 2.50. The second kappa shape index (κ2) is 9.19. The third-order valence-corrected chi connectivity index (χ3v) is 10.5. The van der Waals surface area contributed by atoms with Crippen LogP contribution in [0.25, 0.3) is 82.1 Å². The van der Waals surface area contributed by atoms with Crippen LogP contribution in [-0.4, -0.2) is 4.57 Å². The van der Waals surface area contributed by atoms with Crippen LogP contribution in [0.2, 0.25) is 0 Å². The molecule has 9 aromatic rings. The first kappa shape index (κ1) is 25.6. The number of aromatic nitrogens is 1. The number of hydrogen-bond acceptors (Lipinski definition) is 0. The first-order valence-corrected chi connectivity index (χ1v) is 16.2. The molecule has 1 heterocycles. The van der Waals surface area contributed by atoms with Crippen LogP contribution in [0.4, 0.5) is 0 Å². The Kier molecular flexibility index (Phi) is 5.12. The number of benzene rings is 8. The summed E-state index contributed by atoms with van der Waals surface area (Å²) in [6.07, 6.45) is 0. The molecule has 1 aliphatic rings. The lowest BCUT2D eigenvalue weighted by atomic mass is 9.69. The van der Waals surface area contributed by atoms with E-state index in [9.17, 15) is 0 Å². The first-order chi connectivity index (χ1) is 22.6. The fourth-order valence-electron chi connectivity index (χ4n) is 8.32. The first-order valence-electron chi connectivity index (χ1n) is 16.2. The Bertz CT molecular complexity index is 2600. The molecule has 0 atom stereocenters. The lowest BCUT2D eigenvalue weighted by Crippen LogP contribution is -2.22. The van der Waals surface area contributed by atoms with Crippen LogP contribution in [0.5, 0.6) is 0 Å². The number of nitrogens with zero attached hydrogens (tertiary/aromatic N) is 1. The van der Waals surface area contributed by atoms with Crippen molar-refractivity contribution in [3.05, 3.63) is 163 Å². The van der Waals surface area contributed by atoms with E-state index in [-0.39, 0.29) is 5.41 Å². The van der Waals surface area contributed by atoms with Crippen LogP contribution in [-0.2, 0) is 5.41 Å². The van der Waals surface area contributed by atoms with E-state index in [1.165, 1.54) is 93.2 Å². The molecule has 0 saturated heterocycles. The van der Waals surface area contributed by atoms with Gasteiger partial charge in [-0.25, -0.2) is 0 Å². The summed E-state index contributed by atoms with van der Waals surface area (Å²) in [6.45, 7) is 4.78. The molecule has 0 aliphatic heterocycles. The molecule has 0 radical (unpaired) electrons. The fourth-order valence-corrected chi connectivity index (χ4v) is 8.32. The zero-order chi connectivity index (χ0) is 30.6. The summed E-state index contributed by atoms with van der Waals surface area (Å²) in [6, 6.07) is 56.3. The molecule has 0 fully saturated rings. The van der Waals surface area contributed by atoms with Crippen molar-refractivity contribution in [2.24, 2.45) is 0 Å². The van der Waals surface area contributed by atoms with Gasteiger partial charge in [0.1, 0.15) is 0 Å². The third-order valence-electron chi connectivity index (χ3n) is 10.5. The SMILES string of the molecule is CC1(C)c2cccc3ccc4cc(-n5c6ccc(-c7ccccc7)cc6c6cc(-c7ccccc7)ccc65)c5cccc1c5c4c23. The summed E-state index contributed by atoms with van der Waals surface area (Å²) >= 11 is 0. The molecule has 1 nitrogen and oxygen atoms in total. The van der Waals surface area contributed by atoms with Gasteiger partial charge in [-0.15, -0.1) is 0 Å². The highest BCUT2D eigenvalue weighted by Gasteiger charge is 2.33. The molecule has 10 rings (SSSR count). The molecule has 0 spiro atoms. The van der Waals surface area contributed by atoms with Crippen molar-refractivity contribution in [2.45, 2.75) is 19.3 Å². The van der Waals surface area contributed by atoms with Gasteiger partial charge < -0.3 is 4.57 Å². The van der Waals surface area contributed by atoms with E-state index in [2.05, 4.69) is 170 Å². The summed E-state index contributed by atoms with van der Waals surface area (Å²) in [5.74, 6) is 0. The lowest BCUT2D eigenvalue weighted by molar-refractivity contribution is 0.652. The molecule has 216 valence electrons. The zero-order valence-electron chi connectivity index (χ0n) is 25.9. The summed E-state index contributed by atoms with van der Waals surface area (Å²) in [4.78, 5) is 0. The summed E-state index contributed by atoms with van der Waals surface area (Å²) < 4.78 is 2.52. The molecule has 8 aromatic carbocycles. The van der Waals surface area contributed by atoms with Gasteiger partial charge in [0.15, 0.2) is 0 Å². The van der Waals surface area contributed by atoms with Gasteiger partial charge in [0.25, 0.3) is 0 Å². The van der Waals surface area contributed by atoms with Crippen molar-refractivity contribution >= 4 is 54.1 Å². The highest BCUT2D eigenvalue weighted by atomic mass is 15.0. The minimum Gasteiger partial charge on any atom is -0.309 e. The van der Waals surface area contributed by atoms with E-state index < -0.39 is 0 Å². The Balaban J connectivity index is 1.35. The molecule has 0 unspecified atom stereocenters. The van der Waals surface area contributed by atoms with Crippen LogP contribution in [0.1, 0.15) is 25.0 Å². The highest BCUT2D eigenvalue weighted by molar-refractivity contribution is 6.26. The predicted molar refractivity (Wildman–Crippen MR) is 196 cm³/mol. The average molecular weight is 586 g/mol. The second-order valence-electron chi connectivity index (χ2n) is 13.3. The van der Waals surface area contributed by atoms with Crippen molar-refractivity contribution in [3.63, 3.8) is 0 Å². The topological polar surface area (TPSA) is 4.93 Å². The molecule has 46 heavy (non-hydrogen) atoms. The fraction of sp³-hybridized carbons (Fsp3) is 0.0667. The van der Waals surface area contributed by atoms with E-state index in [0.29, 0.717) is 0 Å². The zero-order valence-corrected chi connectivity index (χ0v) is 25.9. The Hall–Kier alpha value is -5.66. The molecular formula is C45H31N. The van der Waals surface area contributed by atoms with E-state index >= 15 is 0 Å². The van der Waals surface area contributed by atoms with Crippen LogP contribution in [0.3, 0.4) is 0 Å². The van der Waals surface area contributed by atoms with E-state index in [0.717, 1.165) is 0 Å². The molecule has 0 saturated carbocycles. The number of hydrogen-bond donors (Lipinski definition) is 0. The van der Waals surface area contributed by atoms with Gasteiger partial charge in [-0.05, 0) is 90.6 Å². The molecular weight excluding hydrogens is 555 g/mol. The lowest BCUT2D eigenvalue weighted by Gasteiger charge is -2.34. The van der Waals surface area contributed by atoms with Crippen LogP contribution in [0, 0.1) is 0 Å². The van der Waals surface area contributed by atoms with Crippen LogP contribution < -0.4 is 0 Å². The summed E-state index contributed by atoms with van der Waals surface area (Å²) in [5, 5.41) is 10.6. The Labute approximate surface area is 268 Å². The largest absolute Gasteiger partial charge is 0.309 e. The molecule has 0 amide bonds. The summed E-state index contributed by atoms with van der Waals surface area (Å²) in [5.41, 5.74) is 11.3. The van der Waals surface area contributed by atoms with E-state index in [4.69, 9.17) is 0 Å². The Morgan fingerprint density at radius 1 is 0.391 bits per heavy atom. The van der Waals surface area contributed by atoms with Gasteiger partial charge in [-0.3, -0.25) is 0 Å². The monoisotopic (exact) mass is 585 g/mol. The predicted octanol–water partition coefficient (Wildman–Crippen LogP) is 12.2. The van der Waals surface area contributed by atoms with E-state index in [1.807, 2.05) is 0 Å². The molecule has 1 aromatic heterocycles. The number of fused-ring (bicyclic) bond motifs is 3. The van der Waals surface area contributed by atoms with Gasteiger partial charge in [-0.1, -0.05) is 135 Å². The molecule has 1 aliphatic carbocycles. The summed E-state index contributed by atoms with van der Waals surface area (Å²) in [7, 11) is 0. The van der Waals surface area contributed by atoms with Crippen molar-refractivity contribution in [1.29, 1.82) is 0 Å². The van der Waals surface area contributed by atoms with Crippen LogP contribution >= 0.6 is 0 Å². The van der Waals surface area contributed by atoms with Gasteiger partial charge in [-0.2, -0.15) is 0 Å².